The van der Waals surface area contributed by atoms with Gasteiger partial charge in [0, 0.05) is 19.3 Å². The molecule has 0 bridgehead atoms. The van der Waals surface area contributed by atoms with Gasteiger partial charge in [0.1, 0.15) is 0 Å². The number of hydrogen-bond acceptors (Lipinski definition) is 4. The zero-order valence-electron chi connectivity index (χ0n) is 11.0. The molecule has 1 amide bonds. The first-order chi connectivity index (χ1) is 8.61. The molecule has 18 heavy (non-hydrogen) atoms. The molecule has 0 aliphatic carbocycles. The molecule has 1 rings (SSSR count). The second kappa shape index (κ2) is 7.66. The molecule has 0 fully saturated rings. The zero-order valence-corrected chi connectivity index (χ0v) is 11.0. The molecule has 0 unspecified atom stereocenters. The number of hydrogen-bond donors (Lipinski definition) is 2. The number of aromatic nitrogens is 1. The van der Waals surface area contributed by atoms with Crippen molar-refractivity contribution in [2.24, 2.45) is 0 Å². The van der Waals surface area contributed by atoms with Gasteiger partial charge in [-0.25, -0.2) is 4.98 Å². The van der Waals surface area contributed by atoms with Crippen LogP contribution < -0.4 is 11.1 Å². The Bertz CT molecular complexity index is 380. The number of carbonyl (C=O) groups excluding carboxylic acids is 1. The number of nitrogens with two attached hydrogens (primary N) is 1. The molecular formula is C13H21N3O2. The highest BCUT2D eigenvalue weighted by Crippen LogP contribution is 2.06. The third kappa shape index (κ3) is 5.14. The number of unbranched alkanes of at least 4 members (excludes halogenated alkanes) is 1. The van der Waals surface area contributed by atoms with Gasteiger partial charge in [-0.05, 0) is 38.8 Å². The van der Waals surface area contributed by atoms with Crippen molar-refractivity contribution in [3.63, 3.8) is 0 Å². The van der Waals surface area contributed by atoms with Crippen LogP contribution in [-0.2, 0) is 4.74 Å². The Morgan fingerprint density at radius 3 is 2.94 bits per heavy atom. The van der Waals surface area contributed by atoms with Gasteiger partial charge in [-0.1, -0.05) is 0 Å². The summed E-state index contributed by atoms with van der Waals surface area (Å²) < 4.78 is 5.41. The van der Waals surface area contributed by atoms with E-state index in [-0.39, 0.29) is 17.7 Å². The summed E-state index contributed by atoms with van der Waals surface area (Å²) in [6.07, 6.45) is 3.62. The van der Waals surface area contributed by atoms with Crippen LogP contribution in [0.25, 0.3) is 0 Å². The summed E-state index contributed by atoms with van der Waals surface area (Å²) in [5.74, 6) is -0.224. The molecule has 5 nitrogen and oxygen atoms in total. The minimum Gasteiger partial charge on any atom is -0.397 e. The van der Waals surface area contributed by atoms with Gasteiger partial charge >= 0.3 is 0 Å². The topological polar surface area (TPSA) is 77.2 Å². The van der Waals surface area contributed by atoms with E-state index in [0.29, 0.717) is 12.2 Å². The first-order valence-corrected chi connectivity index (χ1v) is 6.21. The Hall–Kier alpha value is -1.62. The van der Waals surface area contributed by atoms with Crippen LogP contribution >= 0.6 is 0 Å². The quantitative estimate of drug-likeness (QED) is 0.722. The Morgan fingerprint density at radius 1 is 1.50 bits per heavy atom. The normalized spacial score (nSPS) is 10.6. The molecule has 3 N–H and O–H groups in total. The number of anilines is 1. The molecule has 5 heteroatoms. The van der Waals surface area contributed by atoms with Crippen LogP contribution in [0.4, 0.5) is 5.69 Å². The highest BCUT2D eigenvalue weighted by atomic mass is 16.5. The van der Waals surface area contributed by atoms with E-state index in [0.717, 1.165) is 19.4 Å². The van der Waals surface area contributed by atoms with Crippen molar-refractivity contribution in [2.75, 3.05) is 18.9 Å². The second-order valence-corrected chi connectivity index (χ2v) is 4.32. The summed E-state index contributed by atoms with van der Waals surface area (Å²) in [5, 5.41) is 2.79. The average molecular weight is 251 g/mol. The number of ether oxygens (including phenoxy) is 1. The SMILES string of the molecule is CC(C)OCCCCNC(=O)c1ncccc1N. The van der Waals surface area contributed by atoms with E-state index < -0.39 is 0 Å². The van der Waals surface area contributed by atoms with Crippen molar-refractivity contribution in [3.05, 3.63) is 24.0 Å². The summed E-state index contributed by atoms with van der Waals surface area (Å²) >= 11 is 0. The van der Waals surface area contributed by atoms with E-state index in [1.165, 1.54) is 0 Å². The summed E-state index contributed by atoms with van der Waals surface area (Å²) in [6, 6.07) is 3.37. The van der Waals surface area contributed by atoms with Gasteiger partial charge in [-0.3, -0.25) is 4.79 Å². The van der Waals surface area contributed by atoms with Gasteiger partial charge < -0.3 is 15.8 Å². The Morgan fingerprint density at radius 2 is 2.28 bits per heavy atom. The highest BCUT2D eigenvalue weighted by Gasteiger charge is 2.09. The number of nitrogens with zero attached hydrogens (tertiary/aromatic N) is 1. The van der Waals surface area contributed by atoms with E-state index in [1.54, 1.807) is 18.3 Å². The summed E-state index contributed by atoms with van der Waals surface area (Å²) in [6.45, 7) is 5.34. The zero-order chi connectivity index (χ0) is 13.4. The Kier molecular flexibility index (Phi) is 6.14. The second-order valence-electron chi connectivity index (χ2n) is 4.32. The van der Waals surface area contributed by atoms with Crippen LogP contribution in [0.3, 0.4) is 0 Å². The minimum absolute atomic E-state index is 0.224. The first kappa shape index (κ1) is 14.4. The van der Waals surface area contributed by atoms with Crippen LogP contribution in [0, 0.1) is 0 Å². The third-order valence-electron chi connectivity index (χ3n) is 2.36. The fraction of sp³-hybridized carbons (Fsp3) is 0.538. The predicted molar refractivity (Wildman–Crippen MR) is 71.3 cm³/mol. The van der Waals surface area contributed by atoms with Crippen LogP contribution in [0.15, 0.2) is 18.3 Å². The molecule has 0 atom stereocenters. The molecule has 0 radical (unpaired) electrons. The smallest absolute Gasteiger partial charge is 0.272 e. The number of rotatable bonds is 7. The molecule has 0 spiro atoms. The monoisotopic (exact) mass is 251 g/mol. The van der Waals surface area contributed by atoms with Gasteiger partial charge in [-0.2, -0.15) is 0 Å². The van der Waals surface area contributed by atoms with Crippen LogP contribution in [0.1, 0.15) is 37.2 Å². The summed E-state index contributed by atoms with van der Waals surface area (Å²) in [7, 11) is 0. The minimum atomic E-state index is -0.224. The van der Waals surface area contributed by atoms with Gasteiger partial charge in [0.25, 0.3) is 5.91 Å². The van der Waals surface area contributed by atoms with Crippen LogP contribution in [0.5, 0.6) is 0 Å². The maximum absolute atomic E-state index is 11.7. The largest absolute Gasteiger partial charge is 0.397 e. The van der Waals surface area contributed by atoms with Crippen molar-refractivity contribution >= 4 is 11.6 Å². The van der Waals surface area contributed by atoms with Crippen molar-refractivity contribution in [1.82, 2.24) is 10.3 Å². The van der Waals surface area contributed by atoms with Crippen LogP contribution in [0.2, 0.25) is 0 Å². The number of nitrogens with one attached hydrogen (secondary N) is 1. The number of amides is 1. The molecule has 0 aromatic carbocycles. The van der Waals surface area contributed by atoms with Gasteiger partial charge in [-0.15, -0.1) is 0 Å². The van der Waals surface area contributed by atoms with Gasteiger partial charge in [0.2, 0.25) is 0 Å². The number of nitrogen functional groups attached to an aromatic ring is 1. The lowest BCUT2D eigenvalue weighted by Crippen LogP contribution is -2.26. The first-order valence-electron chi connectivity index (χ1n) is 6.21. The molecular weight excluding hydrogens is 230 g/mol. The predicted octanol–water partition coefficient (Wildman–Crippen LogP) is 1.60. The third-order valence-corrected chi connectivity index (χ3v) is 2.36. The highest BCUT2D eigenvalue weighted by molar-refractivity contribution is 5.96. The van der Waals surface area contributed by atoms with E-state index in [4.69, 9.17) is 10.5 Å². The molecule has 1 aromatic heterocycles. The molecule has 100 valence electrons. The van der Waals surface area contributed by atoms with Gasteiger partial charge in [0.15, 0.2) is 5.69 Å². The number of carbonyl (C=O) groups is 1. The van der Waals surface area contributed by atoms with Crippen molar-refractivity contribution < 1.29 is 9.53 Å². The fourth-order valence-electron chi connectivity index (χ4n) is 1.44. The molecule has 0 saturated heterocycles. The van der Waals surface area contributed by atoms with E-state index in [9.17, 15) is 4.79 Å². The molecule has 0 aliphatic rings. The molecule has 1 aromatic rings. The van der Waals surface area contributed by atoms with Crippen molar-refractivity contribution in [1.29, 1.82) is 0 Å². The summed E-state index contributed by atoms with van der Waals surface area (Å²) in [4.78, 5) is 15.7. The Balaban J connectivity index is 2.20. The molecule has 1 heterocycles. The molecule has 0 aliphatic heterocycles. The maximum Gasteiger partial charge on any atom is 0.272 e. The lowest BCUT2D eigenvalue weighted by Gasteiger charge is -2.08. The fourth-order valence-corrected chi connectivity index (χ4v) is 1.44. The maximum atomic E-state index is 11.7. The van der Waals surface area contributed by atoms with Gasteiger partial charge in [0.05, 0.1) is 11.8 Å². The molecule has 0 saturated carbocycles. The van der Waals surface area contributed by atoms with E-state index in [1.807, 2.05) is 13.8 Å². The lowest BCUT2D eigenvalue weighted by atomic mass is 10.2. The summed E-state index contributed by atoms with van der Waals surface area (Å²) in [5.41, 5.74) is 6.35. The Labute approximate surface area is 108 Å². The lowest BCUT2D eigenvalue weighted by molar-refractivity contribution is 0.0754. The van der Waals surface area contributed by atoms with Crippen LogP contribution in [-0.4, -0.2) is 30.1 Å². The van der Waals surface area contributed by atoms with E-state index in [2.05, 4.69) is 10.3 Å². The van der Waals surface area contributed by atoms with Crippen molar-refractivity contribution in [3.8, 4) is 0 Å². The standard InChI is InChI=1S/C13H21N3O2/c1-10(2)18-9-4-3-7-16-13(17)12-11(14)6-5-8-15-12/h5-6,8,10H,3-4,7,9,14H2,1-2H3,(H,16,17). The average Bonchev–Trinajstić information content (AvgIpc) is 2.33. The van der Waals surface area contributed by atoms with E-state index >= 15 is 0 Å². The van der Waals surface area contributed by atoms with Crippen molar-refractivity contribution in [2.45, 2.75) is 32.8 Å². The number of pyridine rings is 1.